The average molecular weight is 517 g/mol. The van der Waals surface area contributed by atoms with Crippen molar-refractivity contribution in [3.05, 3.63) is 35.6 Å². The summed E-state index contributed by atoms with van der Waals surface area (Å²) < 4.78 is 12.9. The highest BCUT2D eigenvalue weighted by Crippen LogP contribution is 2.28. The summed E-state index contributed by atoms with van der Waals surface area (Å²) in [5, 5.41) is 6.63. The van der Waals surface area contributed by atoms with E-state index in [1.807, 2.05) is 17.0 Å². The van der Waals surface area contributed by atoms with E-state index < -0.39 is 0 Å². The van der Waals surface area contributed by atoms with Gasteiger partial charge in [0.15, 0.2) is 5.96 Å². The molecule has 0 spiro atoms. The van der Waals surface area contributed by atoms with Crippen LogP contribution in [0.25, 0.3) is 0 Å². The highest BCUT2D eigenvalue weighted by Gasteiger charge is 2.30. The normalized spacial score (nSPS) is 18.0. The van der Waals surface area contributed by atoms with Crippen molar-refractivity contribution in [1.82, 2.24) is 20.4 Å². The van der Waals surface area contributed by atoms with E-state index in [1.165, 1.54) is 18.6 Å². The first-order valence-electron chi connectivity index (χ1n) is 10.4. The zero-order valence-electron chi connectivity index (χ0n) is 17.2. The minimum absolute atomic E-state index is 0. The lowest BCUT2D eigenvalue weighted by Gasteiger charge is -2.38. The molecular formula is C21H33FIN5O. The molecule has 0 aromatic heterocycles. The van der Waals surface area contributed by atoms with Crippen LogP contribution in [-0.4, -0.2) is 74.5 Å². The van der Waals surface area contributed by atoms with Gasteiger partial charge in [0.2, 0.25) is 5.91 Å². The van der Waals surface area contributed by atoms with Crippen LogP contribution in [0.2, 0.25) is 0 Å². The zero-order valence-corrected chi connectivity index (χ0v) is 19.5. The minimum atomic E-state index is -0.206. The van der Waals surface area contributed by atoms with Crippen molar-refractivity contribution >= 4 is 35.8 Å². The second-order valence-corrected chi connectivity index (χ2v) is 7.60. The molecule has 1 aliphatic heterocycles. The first kappa shape index (κ1) is 23.9. The number of rotatable bonds is 7. The van der Waals surface area contributed by atoms with Crippen molar-refractivity contribution in [3.8, 4) is 0 Å². The number of aliphatic imine (C=N–C) groups is 1. The number of carbonyl (C=O) groups excluding carboxylic acids is 1. The van der Waals surface area contributed by atoms with E-state index in [0.717, 1.165) is 76.6 Å². The molecule has 1 amide bonds. The predicted molar refractivity (Wildman–Crippen MR) is 125 cm³/mol. The van der Waals surface area contributed by atoms with E-state index in [9.17, 15) is 9.18 Å². The summed E-state index contributed by atoms with van der Waals surface area (Å²) in [7, 11) is 1.76. The molecule has 0 radical (unpaired) electrons. The minimum Gasteiger partial charge on any atom is -0.356 e. The van der Waals surface area contributed by atoms with Gasteiger partial charge in [0.25, 0.3) is 0 Å². The van der Waals surface area contributed by atoms with Crippen LogP contribution >= 0.6 is 24.0 Å². The summed E-state index contributed by atoms with van der Waals surface area (Å²) in [6.07, 6.45) is 4.19. The molecular weight excluding hydrogens is 484 g/mol. The highest BCUT2D eigenvalue weighted by atomic mass is 127. The Morgan fingerprint density at radius 2 is 1.76 bits per heavy atom. The number of guanidine groups is 1. The van der Waals surface area contributed by atoms with E-state index in [0.29, 0.717) is 11.8 Å². The maximum absolute atomic E-state index is 12.9. The van der Waals surface area contributed by atoms with Crippen molar-refractivity contribution in [1.29, 1.82) is 0 Å². The van der Waals surface area contributed by atoms with E-state index in [1.54, 1.807) is 7.05 Å². The molecule has 0 atom stereocenters. The number of piperazine rings is 1. The summed E-state index contributed by atoms with van der Waals surface area (Å²) in [6.45, 7) is 6.07. The molecule has 6 nitrogen and oxygen atoms in total. The number of carbonyl (C=O) groups is 1. The molecule has 1 aliphatic carbocycles. The van der Waals surface area contributed by atoms with Gasteiger partial charge in [-0.15, -0.1) is 24.0 Å². The van der Waals surface area contributed by atoms with Crippen LogP contribution in [0.15, 0.2) is 29.3 Å². The number of nitrogens with zero attached hydrogens (tertiary/aromatic N) is 3. The van der Waals surface area contributed by atoms with Crippen molar-refractivity contribution in [2.75, 3.05) is 52.9 Å². The van der Waals surface area contributed by atoms with E-state index in [-0.39, 0.29) is 29.8 Å². The van der Waals surface area contributed by atoms with Gasteiger partial charge >= 0.3 is 0 Å². The first-order chi connectivity index (χ1) is 13.7. The molecule has 8 heteroatoms. The zero-order chi connectivity index (χ0) is 19.8. The lowest BCUT2D eigenvalue weighted by Crippen LogP contribution is -2.52. The van der Waals surface area contributed by atoms with Crippen molar-refractivity contribution in [3.63, 3.8) is 0 Å². The van der Waals surface area contributed by atoms with Crippen LogP contribution in [0.3, 0.4) is 0 Å². The van der Waals surface area contributed by atoms with Crippen LogP contribution in [0.5, 0.6) is 0 Å². The maximum Gasteiger partial charge on any atom is 0.225 e. The first-order valence-corrected chi connectivity index (χ1v) is 10.4. The molecule has 2 fully saturated rings. The van der Waals surface area contributed by atoms with Gasteiger partial charge in [-0.1, -0.05) is 18.6 Å². The quantitative estimate of drug-likeness (QED) is 0.331. The summed E-state index contributed by atoms with van der Waals surface area (Å²) in [5.41, 5.74) is 1.10. The van der Waals surface area contributed by atoms with Crippen LogP contribution in [0.1, 0.15) is 24.8 Å². The third kappa shape index (κ3) is 7.40. The molecule has 2 N–H and O–H groups in total. The van der Waals surface area contributed by atoms with Gasteiger partial charge < -0.3 is 15.5 Å². The predicted octanol–water partition coefficient (Wildman–Crippen LogP) is 2.10. The summed E-state index contributed by atoms with van der Waals surface area (Å²) in [6, 6.07) is 6.59. The number of hydrogen-bond acceptors (Lipinski definition) is 3. The second kappa shape index (κ2) is 12.3. The summed E-state index contributed by atoms with van der Waals surface area (Å²) in [5.74, 6) is 1.25. The van der Waals surface area contributed by atoms with Gasteiger partial charge in [-0.05, 0) is 37.0 Å². The smallest absolute Gasteiger partial charge is 0.225 e. The Bertz CT molecular complexity index is 658. The molecule has 0 unspecified atom stereocenters. The molecule has 1 saturated carbocycles. The Kier molecular flexibility index (Phi) is 10.1. The van der Waals surface area contributed by atoms with E-state index in [4.69, 9.17) is 0 Å². The Balaban J connectivity index is 0.00000300. The molecule has 162 valence electrons. The highest BCUT2D eigenvalue weighted by molar-refractivity contribution is 14.0. The number of halogens is 2. The summed E-state index contributed by atoms with van der Waals surface area (Å²) >= 11 is 0. The lowest BCUT2D eigenvalue weighted by molar-refractivity contribution is -0.139. The Labute approximate surface area is 190 Å². The van der Waals surface area contributed by atoms with Gasteiger partial charge in [-0.25, -0.2) is 4.39 Å². The van der Waals surface area contributed by atoms with Crippen molar-refractivity contribution in [2.45, 2.75) is 25.7 Å². The molecule has 29 heavy (non-hydrogen) atoms. The Morgan fingerprint density at radius 1 is 1.10 bits per heavy atom. The number of benzene rings is 1. The average Bonchev–Trinajstić information content (AvgIpc) is 2.67. The van der Waals surface area contributed by atoms with Crippen molar-refractivity contribution in [2.24, 2.45) is 10.9 Å². The van der Waals surface area contributed by atoms with Crippen molar-refractivity contribution < 1.29 is 9.18 Å². The molecule has 1 aromatic carbocycles. The monoisotopic (exact) mass is 517 g/mol. The van der Waals surface area contributed by atoms with Crippen LogP contribution in [0.4, 0.5) is 4.39 Å². The van der Waals surface area contributed by atoms with Crippen LogP contribution in [-0.2, 0) is 11.2 Å². The Hall–Kier alpha value is -1.42. The largest absolute Gasteiger partial charge is 0.356 e. The third-order valence-electron chi connectivity index (χ3n) is 5.70. The van der Waals surface area contributed by atoms with Gasteiger partial charge in [-0.3, -0.25) is 14.7 Å². The number of amides is 1. The van der Waals surface area contributed by atoms with E-state index >= 15 is 0 Å². The molecule has 0 bridgehead atoms. The fourth-order valence-electron chi connectivity index (χ4n) is 3.63. The van der Waals surface area contributed by atoms with E-state index in [2.05, 4.69) is 20.5 Å². The van der Waals surface area contributed by atoms with Crippen LogP contribution < -0.4 is 10.6 Å². The molecule has 1 saturated heterocycles. The standard InChI is InChI=1S/C21H32FN5O.HI/c1-23-21(24-10-9-17-5-7-19(22)8-6-17)25-11-12-26-13-15-27(16-14-26)20(28)18-3-2-4-18;/h5-8,18H,2-4,9-16H2,1H3,(H2,23,24,25);1H. The molecule has 2 aliphatic rings. The fraction of sp³-hybridized carbons (Fsp3) is 0.619. The molecule has 3 rings (SSSR count). The van der Waals surface area contributed by atoms with Gasteiger partial charge in [0.1, 0.15) is 5.82 Å². The SMILES string of the molecule is CN=C(NCCc1ccc(F)cc1)NCCN1CCN(C(=O)C2CCC2)CC1.I. The summed E-state index contributed by atoms with van der Waals surface area (Å²) in [4.78, 5) is 21.0. The number of nitrogens with one attached hydrogen (secondary N) is 2. The second-order valence-electron chi connectivity index (χ2n) is 7.60. The topological polar surface area (TPSA) is 60.0 Å². The molecule has 1 heterocycles. The number of hydrogen-bond donors (Lipinski definition) is 2. The third-order valence-corrected chi connectivity index (χ3v) is 5.70. The fourth-order valence-corrected chi connectivity index (χ4v) is 3.63. The van der Waals surface area contributed by atoms with Gasteiger partial charge in [0.05, 0.1) is 0 Å². The van der Waals surface area contributed by atoms with Gasteiger partial charge in [-0.2, -0.15) is 0 Å². The van der Waals surface area contributed by atoms with Crippen LogP contribution in [0, 0.1) is 11.7 Å². The maximum atomic E-state index is 12.9. The lowest BCUT2D eigenvalue weighted by atomic mass is 9.84. The van der Waals surface area contributed by atoms with Gasteiger partial charge in [0, 0.05) is 58.8 Å². The molecule has 1 aromatic rings. The Morgan fingerprint density at radius 3 is 2.34 bits per heavy atom.